The van der Waals surface area contributed by atoms with Gasteiger partial charge in [-0.2, -0.15) is 17.4 Å². The van der Waals surface area contributed by atoms with Gasteiger partial charge in [0.1, 0.15) is 12.3 Å². The standard InChI is InChI=1S/C8H16N4O3S/c1-4-5-12-7-6(9-16(12,14)15)10(2)8(13)11(7)3/h6-7,9H,4-5H2,1-3H3/t6-,7-/m0/s1. The number of rotatable bonds is 2. The van der Waals surface area contributed by atoms with Crippen molar-refractivity contribution in [3.05, 3.63) is 0 Å². The molecule has 0 aromatic heterocycles. The highest BCUT2D eigenvalue weighted by Gasteiger charge is 2.55. The smallest absolute Gasteiger partial charge is 0.308 e. The monoisotopic (exact) mass is 248 g/mol. The number of fused-ring (bicyclic) bond motifs is 1. The van der Waals surface area contributed by atoms with Crippen LogP contribution in [0.2, 0.25) is 0 Å². The molecule has 2 amide bonds. The first-order valence-electron chi connectivity index (χ1n) is 5.19. The van der Waals surface area contributed by atoms with Crippen molar-refractivity contribution in [1.82, 2.24) is 18.8 Å². The Balaban J connectivity index is 2.36. The highest BCUT2D eigenvalue weighted by Crippen LogP contribution is 2.29. The number of hydrogen-bond donors (Lipinski definition) is 1. The second kappa shape index (κ2) is 3.57. The van der Waals surface area contributed by atoms with E-state index in [2.05, 4.69) is 4.72 Å². The van der Waals surface area contributed by atoms with Gasteiger partial charge in [-0.05, 0) is 6.42 Å². The van der Waals surface area contributed by atoms with Gasteiger partial charge in [-0.15, -0.1) is 0 Å². The molecular weight excluding hydrogens is 232 g/mol. The number of carbonyl (C=O) groups is 1. The van der Waals surface area contributed by atoms with E-state index in [4.69, 9.17) is 0 Å². The molecule has 0 saturated carbocycles. The Labute approximate surface area is 95.2 Å². The molecule has 16 heavy (non-hydrogen) atoms. The van der Waals surface area contributed by atoms with E-state index in [1.54, 1.807) is 14.1 Å². The SMILES string of the molecule is CCCN1[C@H]2[C@@H](NS1(=O)=O)N(C)C(=O)N2C. The van der Waals surface area contributed by atoms with Crippen LogP contribution in [0.4, 0.5) is 4.79 Å². The lowest BCUT2D eigenvalue weighted by Crippen LogP contribution is -2.44. The molecule has 2 rings (SSSR count). The maximum absolute atomic E-state index is 11.8. The lowest BCUT2D eigenvalue weighted by molar-refractivity contribution is 0.174. The van der Waals surface area contributed by atoms with Crippen LogP contribution >= 0.6 is 0 Å². The van der Waals surface area contributed by atoms with Crippen LogP contribution in [-0.2, 0) is 10.2 Å². The Bertz CT molecular complexity index is 410. The Morgan fingerprint density at radius 2 is 1.94 bits per heavy atom. The van der Waals surface area contributed by atoms with Gasteiger partial charge in [-0.1, -0.05) is 6.92 Å². The van der Waals surface area contributed by atoms with Crippen molar-refractivity contribution >= 4 is 16.2 Å². The number of urea groups is 1. The van der Waals surface area contributed by atoms with E-state index in [1.807, 2.05) is 6.92 Å². The molecule has 0 bridgehead atoms. The van der Waals surface area contributed by atoms with Crippen molar-refractivity contribution in [3.63, 3.8) is 0 Å². The molecule has 2 heterocycles. The van der Waals surface area contributed by atoms with Crippen molar-refractivity contribution in [3.8, 4) is 0 Å². The molecule has 2 saturated heterocycles. The van der Waals surface area contributed by atoms with Crippen molar-refractivity contribution in [2.75, 3.05) is 20.6 Å². The molecule has 7 nitrogen and oxygen atoms in total. The Kier molecular flexibility index (Phi) is 2.59. The quantitative estimate of drug-likeness (QED) is 0.695. The Hall–Kier alpha value is -0.860. The summed E-state index contributed by atoms with van der Waals surface area (Å²) in [7, 11) is -0.232. The molecule has 1 N–H and O–H groups in total. The largest absolute Gasteiger partial charge is 0.322 e. The van der Waals surface area contributed by atoms with Crippen molar-refractivity contribution < 1.29 is 13.2 Å². The summed E-state index contributed by atoms with van der Waals surface area (Å²) in [6.07, 6.45) is -0.188. The molecule has 0 radical (unpaired) electrons. The Morgan fingerprint density at radius 1 is 1.31 bits per heavy atom. The maximum atomic E-state index is 11.8. The molecule has 0 aromatic rings. The fourth-order valence-corrected chi connectivity index (χ4v) is 3.90. The zero-order valence-electron chi connectivity index (χ0n) is 9.54. The van der Waals surface area contributed by atoms with Crippen molar-refractivity contribution in [1.29, 1.82) is 0 Å². The van der Waals surface area contributed by atoms with E-state index in [0.29, 0.717) is 6.54 Å². The van der Waals surface area contributed by atoms with E-state index in [9.17, 15) is 13.2 Å². The van der Waals surface area contributed by atoms with E-state index in [0.717, 1.165) is 6.42 Å². The summed E-state index contributed by atoms with van der Waals surface area (Å²) in [5, 5.41) is 0. The second-order valence-electron chi connectivity index (χ2n) is 4.10. The van der Waals surface area contributed by atoms with Gasteiger partial charge in [-0.25, -0.2) is 4.79 Å². The molecule has 2 atom stereocenters. The summed E-state index contributed by atoms with van der Waals surface area (Å²) in [5.74, 6) is 0. The topological polar surface area (TPSA) is 73.0 Å². The van der Waals surface area contributed by atoms with E-state index in [-0.39, 0.29) is 6.03 Å². The van der Waals surface area contributed by atoms with E-state index in [1.165, 1.54) is 14.1 Å². The molecule has 2 aliphatic heterocycles. The van der Waals surface area contributed by atoms with Gasteiger partial charge in [-0.3, -0.25) is 0 Å². The molecule has 0 aliphatic carbocycles. The minimum absolute atomic E-state index is 0.168. The van der Waals surface area contributed by atoms with Crippen LogP contribution in [0.25, 0.3) is 0 Å². The average molecular weight is 248 g/mol. The van der Waals surface area contributed by atoms with E-state index >= 15 is 0 Å². The predicted octanol–water partition coefficient (Wildman–Crippen LogP) is -0.804. The van der Waals surface area contributed by atoms with Crippen LogP contribution in [0.3, 0.4) is 0 Å². The summed E-state index contributed by atoms with van der Waals surface area (Å²) < 4.78 is 27.5. The van der Waals surface area contributed by atoms with Crippen LogP contribution in [0.15, 0.2) is 0 Å². The van der Waals surface area contributed by atoms with Crippen LogP contribution in [-0.4, -0.2) is 61.5 Å². The molecule has 92 valence electrons. The normalized spacial score (nSPS) is 33.6. The lowest BCUT2D eigenvalue weighted by Gasteiger charge is -2.24. The summed E-state index contributed by atoms with van der Waals surface area (Å²) in [4.78, 5) is 14.5. The number of amides is 2. The number of hydrogen-bond acceptors (Lipinski definition) is 3. The summed E-state index contributed by atoms with van der Waals surface area (Å²) in [6, 6.07) is -0.168. The molecule has 2 fully saturated rings. The number of carbonyl (C=O) groups excluding carboxylic acids is 1. The van der Waals surface area contributed by atoms with Gasteiger partial charge in [0.2, 0.25) is 0 Å². The summed E-state index contributed by atoms with van der Waals surface area (Å²) >= 11 is 0. The van der Waals surface area contributed by atoms with Crippen LogP contribution < -0.4 is 4.72 Å². The first-order valence-corrected chi connectivity index (χ1v) is 6.63. The second-order valence-corrected chi connectivity index (χ2v) is 5.75. The molecule has 0 spiro atoms. The van der Waals surface area contributed by atoms with Crippen molar-refractivity contribution in [2.24, 2.45) is 0 Å². The minimum Gasteiger partial charge on any atom is -0.308 e. The molecule has 0 aromatic carbocycles. The van der Waals surface area contributed by atoms with Crippen LogP contribution in [0.1, 0.15) is 13.3 Å². The van der Waals surface area contributed by atoms with Crippen molar-refractivity contribution in [2.45, 2.75) is 25.7 Å². The zero-order valence-corrected chi connectivity index (χ0v) is 10.4. The third-order valence-electron chi connectivity index (χ3n) is 3.02. The van der Waals surface area contributed by atoms with Gasteiger partial charge in [0, 0.05) is 20.6 Å². The molecule has 0 unspecified atom stereocenters. The third-order valence-corrected chi connectivity index (χ3v) is 4.57. The molecular formula is C8H16N4O3S. The molecule has 8 heteroatoms. The number of likely N-dealkylation sites (N-methyl/N-ethyl adjacent to an activating group) is 2. The Morgan fingerprint density at radius 3 is 2.50 bits per heavy atom. The number of nitrogens with one attached hydrogen (secondary N) is 1. The van der Waals surface area contributed by atoms with Gasteiger partial charge < -0.3 is 9.80 Å². The van der Waals surface area contributed by atoms with Crippen LogP contribution in [0.5, 0.6) is 0 Å². The van der Waals surface area contributed by atoms with Gasteiger partial charge >= 0.3 is 6.03 Å². The highest BCUT2D eigenvalue weighted by molar-refractivity contribution is 7.87. The fraction of sp³-hybridized carbons (Fsp3) is 0.875. The highest BCUT2D eigenvalue weighted by atomic mass is 32.2. The lowest BCUT2D eigenvalue weighted by atomic mass is 10.3. The molecule has 2 aliphatic rings. The number of nitrogens with zero attached hydrogens (tertiary/aromatic N) is 3. The zero-order chi connectivity index (χ0) is 12.1. The van der Waals surface area contributed by atoms with Gasteiger partial charge in [0.05, 0.1) is 0 Å². The maximum Gasteiger partial charge on any atom is 0.322 e. The summed E-state index contributed by atoms with van der Waals surface area (Å²) in [5.41, 5.74) is 0. The van der Waals surface area contributed by atoms with Gasteiger partial charge in [0.15, 0.2) is 0 Å². The predicted molar refractivity (Wildman–Crippen MR) is 57.6 cm³/mol. The third kappa shape index (κ3) is 1.40. The first-order chi connectivity index (χ1) is 7.40. The first kappa shape index (κ1) is 11.6. The van der Waals surface area contributed by atoms with Gasteiger partial charge in [0.25, 0.3) is 10.2 Å². The fourth-order valence-electron chi connectivity index (χ4n) is 2.22. The minimum atomic E-state index is -3.45. The summed E-state index contributed by atoms with van der Waals surface area (Å²) in [6.45, 7) is 2.32. The van der Waals surface area contributed by atoms with Crippen LogP contribution in [0, 0.1) is 0 Å². The van der Waals surface area contributed by atoms with E-state index < -0.39 is 22.5 Å². The average Bonchev–Trinajstić information content (AvgIpc) is 2.58.